The molecule has 0 bridgehead atoms. The van der Waals surface area contributed by atoms with Crippen LogP contribution in [0.5, 0.6) is 0 Å². The van der Waals surface area contributed by atoms with Gasteiger partial charge in [-0.05, 0) is 53.9 Å². The highest BCUT2D eigenvalue weighted by molar-refractivity contribution is 6.74. The molecule has 0 aliphatic rings. The van der Waals surface area contributed by atoms with E-state index in [-0.39, 0.29) is 24.0 Å². The Labute approximate surface area is 219 Å². The Morgan fingerprint density at radius 1 is 0.973 bits per heavy atom. The van der Waals surface area contributed by atoms with Crippen LogP contribution < -0.4 is 10.6 Å². The monoisotopic (exact) mass is 522 g/mol. The zero-order valence-corrected chi connectivity index (χ0v) is 23.0. The second-order valence-corrected chi connectivity index (χ2v) is 15.4. The highest BCUT2D eigenvalue weighted by atomic mass is 28.4. The van der Waals surface area contributed by atoms with Gasteiger partial charge in [0.25, 0.3) is 0 Å². The number of hydrogen-bond donors (Lipinski definition) is 3. The Hall–Kier alpha value is -3.49. The Kier molecular flexibility index (Phi) is 8.88. The standard InChI is InChI=1S/C29H35FN2O4Si/c1-29(2,3)37(4,5)36-19-22-13-14-23(18-25(22)30)31-27(33)16-12-20-11-15-24(21-9-7-6-8-10-21)26(17-20)32-28(34)35/h6-11,13-15,17-18,32H,12,16,19H2,1-5H3,(H,31,33)(H,34,35). The second kappa shape index (κ2) is 11.7. The van der Waals surface area contributed by atoms with Gasteiger partial charge < -0.3 is 14.8 Å². The number of aryl methyl sites for hydroxylation is 1. The topological polar surface area (TPSA) is 87.7 Å². The molecule has 3 N–H and O–H groups in total. The lowest BCUT2D eigenvalue weighted by Crippen LogP contribution is -2.40. The summed E-state index contributed by atoms with van der Waals surface area (Å²) in [4.78, 5) is 23.8. The summed E-state index contributed by atoms with van der Waals surface area (Å²) in [5.74, 6) is -0.679. The number of carbonyl (C=O) groups is 2. The van der Waals surface area contributed by atoms with Crippen molar-refractivity contribution in [3.05, 3.63) is 83.7 Å². The lowest BCUT2D eigenvalue weighted by molar-refractivity contribution is -0.116. The number of nitrogens with one attached hydrogen (secondary N) is 2. The molecule has 37 heavy (non-hydrogen) atoms. The Morgan fingerprint density at radius 3 is 2.30 bits per heavy atom. The highest BCUT2D eigenvalue weighted by Crippen LogP contribution is 2.37. The van der Waals surface area contributed by atoms with Crippen molar-refractivity contribution in [2.24, 2.45) is 0 Å². The van der Waals surface area contributed by atoms with Gasteiger partial charge in [-0.1, -0.05) is 69.3 Å². The van der Waals surface area contributed by atoms with E-state index >= 15 is 0 Å². The number of carbonyl (C=O) groups excluding carboxylic acids is 1. The van der Waals surface area contributed by atoms with Crippen molar-refractivity contribution in [3.63, 3.8) is 0 Å². The molecule has 0 radical (unpaired) electrons. The minimum absolute atomic E-state index is 0.0315. The predicted octanol–water partition coefficient (Wildman–Crippen LogP) is 7.68. The fourth-order valence-electron chi connectivity index (χ4n) is 3.53. The Balaban J connectivity index is 1.62. The van der Waals surface area contributed by atoms with Gasteiger partial charge in [-0.15, -0.1) is 0 Å². The summed E-state index contributed by atoms with van der Waals surface area (Å²) in [6.45, 7) is 10.8. The fraction of sp³-hybridized carbons (Fsp3) is 0.310. The summed E-state index contributed by atoms with van der Waals surface area (Å²) in [5, 5.41) is 14.5. The molecule has 0 heterocycles. The summed E-state index contributed by atoms with van der Waals surface area (Å²) in [6.07, 6.45) is -0.599. The van der Waals surface area contributed by atoms with Gasteiger partial charge in [0.1, 0.15) is 5.82 Å². The van der Waals surface area contributed by atoms with Gasteiger partial charge in [0.05, 0.1) is 12.3 Å². The maximum Gasteiger partial charge on any atom is 0.409 e. The molecular weight excluding hydrogens is 487 g/mol. The van der Waals surface area contributed by atoms with Crippen LogP contribution in [0.4, 0.5) is 20.6 Å². The van der Waals surface area contributed by atoms with Crippen LogP contribution in [-0.4, -0.2) is 25.4 Å². The van der Waals surface area contributed by atoms with Crippen LogP contribution in [0.3, 0.4) is 0 Å². The zero-order chi connectivity index (χ0) is 27.2. The van der Waals surface area contributed by atoms with E-state index in [1.165, 1.54) is 6.07 Å². The van der Waals surface area contributed by atoms with Gasteiger partial charge in [0.2, 0.25) is 5.91 Å². The zero-order valence-electron chi connectivity index (χ0n) is 22.0. The highest BCUT2D eigenvalue weighted by Gasteiger charge is 2.37. The molecule has 3 rings (SSSR count). The molecule has 2 amide bonds. The van der Waals surface area contributed by atoms with Crippen molar-refractivity contribution in [1.82, 2.24) is 0 Å². The quantitative estimate of drug-likeness (QED) is 0.252. The number of amides is 2. The first kappa shape index (κ1) is 28.1. The van der Waals surface area contributed by atoms with Crippen molar-refractivity contribution in [2.75, 3.05) is 10.6 Å². The normalized spacial score (nSPS) is 11.7. The molecule has 0 spiro atoms. The molecule has 0 aromatic heterocycles. The largest absolute Gasteiger partial charge is 0.465 e. The maximum absolute atomic E-state index is 14.7. The molecule has 0 saturated carbocycles. The van der Waals surface area contributed by atoms with E-state index < -0.39 is 20.2 Å². The average Bonchev–Trinajstić information content (AvgIpc) is 2.82. The van der Waals surface area contributed by atoms with E-state index in [4.69, 9.17) is 4.43 Å². The minimum atomic E-state index is -2.00. The van der Waals surface area contributed by atoms with Crippen LogP contribution >= 0.6 is 0 Å². The van der Waals surface area contributed by atoms with E-state index in [0.717, 1.165) is 16.7 Å². The first-order valence-corrected chi connectivity index (χ1v) is 15.2. The predicted molar refractivity (Wildman–Crippen MR) is 149 cm³/mol. The van der Waals surface area contributed by atoms with Crippen molar-refractivity contribution < 1.29 is 23.5 Å². The lowest BCUT2D eigenvalue weighted by atomic mass is 9.99. The van der Waals surface area contributed by atoms with Crippen LogP contribution in [-0.2, 0) is 22.2 Å². The molecule has 0 fully saturated rings. The Bertz CT molecular complexity index is 1260. The molecule has 0 aliphatic carbocycles. The van der Waals surface area contributed by atoms with Crippen molar-refractivity contribution in [2.45, 2.75) is 58.4 Å². The summed E-state index contributed by atoms with van der Waals surface area (Å²) in [7, 11) is -2.00. The van der Waals surface area contributed by atoms with Crippen molar-refractivity contribution in [3.8, 4) is 11.1 Å². The van der Waals surface area contributed by atoms with Crippen LogP contribution in [0.1, 0.15) is 38.3 Å². The van der Waals surface area contributed by atoms with E-state index in [1.54, 1.807) is 18.2 Å². The Morgan fingerprint density at radius 2 is 1.68 bits per heavy atom. The third kappa shape index (κ3) is 7.74. The minimum Gasteiger partial charge on any atom is -0.465 e. The first-order valence-electron chi connectivity index (χ1n) is 12.3. The van der Waals surface area contributed by atoms with Crippen LogP contribution in [0.15, 0.2) is 66.7 Å². The van der Waals surface area contributed by atoms with Crippen molar-refractivity contribution >= 4 is 31.7 Å². The molecule has 3 aromatic carbocycles. The number of anilines is 2. The summed E-state index contributed by atoms with van der Waals surface area (Å²) < 4.78 is 20.8. The van der Waals surface area contributed by atoms with E-state index in [9.17, 15) is 19.1 Å². The van der Waals surface area contributed by atoms with Gasteiger partial charge >= 0.3 is 6.09 Å². The molecule has 0 saturated heterocycles. The number of benzene rings is 3. The SMILES string of the molecule is CC(C)(C)[Si](C)(C)OCc1ccc(NC(=O)CCc2ccc(-c3ccccc3)c(NC(=O)O)c2)cc1F. The average molecular weight is 523 g/mol. The van der Waals surface area contributed by atoms with Gasteiger partial charge in [-0.2, -0.15) is 0 Å². The molecule has 196 valence electrons. The van der Waals surface area contributed by atoms with Gasteiger partial charge in [-0.25, -0.2) is 9.18 Å². The van der Waals surface area contributed by atoms with Gasteiger partial charge in [0, 0.05) is 23.2 Å². The van der Waals surface area contributed by atoms with E-state index in [1.807, 2.05) is 42.5 Å². The van der Waals surface area contributed by atoms with Crippen LogP contribution in [0.2, 0.25) is 18.1 Å². The molecule has 0 atom stereocenters. The molecule has 6 nitrogen and oxygen atoms in total. The third-order valence-electron chi connectivity index (χ3n) is 6.78. The molecular formula is C29H35FN2O4Si. The molecule has 3 aromatic rings. The van der Waals surface area contributed by atoms with Crippen LogP contribution in [0, 0.1) is 5.82 Å². The number of hydrogen-bond acceptors (Lipinski definition) is 3. The first-order chi connectivity index (χ1) is 17.4. The smallest absolute Gasteiger partial charge is 0.409 e. The van der Waals surface area contributed by atoms with E-state index in [0.29, 0.717) is 23.4 Å². The summed E-state index contributed by atoms with van der Waals surface area (Å²) >= 11 is 0. The van der Waals surface area contributed by atoms with Crippen LogP contribution in [0.25, 0.3) is 11.1 Å². The number of carboxylic acid groups (broad SMARTS) is 1. The number of halogens is 1. The van der Waals surface area contributed by atoms with Gasteiger partial charge in [-0.3, -0.25) is 10.1 Å². The fourth-order valence-corrected chi connectivity index (χ4v) is 4.48. The summed E-state index contributed by atoms with van der Waals surface area (Å²) in [6, 6.07) is 19.5. The third-order valence-corrected chi connectivity index (χ3v) is 11.3. The lowest BCUT2D eigenvalue weighted by Gasteiger charge is -2.36. The maximum atomic E-state index is 14.7. The number of rotatable bonds is 9. The molecule has 8 heteroatoms. The van der Waals surface area contributed by atoms with Gasteiger partial charge in [0.15, 0.2) is 8.32 Å². The molecule has 0 aliphatic heterocycles. The summed E-state index contributed by atoms with van der Waals surface area (Å²) in [5.41, 5.74) is 3.74. The van der Waals surface area contributed by atoms with Crippen molar-refractivity contribution in [1.29, 1.82) is 0 Å². The molecule has 0 unspecified atom stereocenters. The second-order valence-electron chi connectivity index (χ2n) is 10.6. The van der Waals surface area contributed by atoms with E-state index in [2.05, 4.69) is 44.5 Å².